The Morgan fingerprint density at radius 3 is 2.74 bits per heavy atom. The summed E-state index contributed by atoms with van der Waals surface area (Å²) in [5, 5.41) is 0. The molecule has 1 saturated heterocycles. The van der Waals surface area contributed by atoms with Crippen LogP contribution in [0.25, 0.3) is 11.3 Å². The Morgan fingerprint density at radius 1 is 1.22 bits per heavy atom. The minimum atomic E-state index is -0.345. The number of carbonyl (C=O) groups excluding carboxylic acids is 1. The monoisotopic (exact) mass is 335 g/mol. The van der Waals surface area contributed by atoms with Crippen molar-refractivity contribution in [3.05, 3.63) is 30.1 Å². The molecule has 1 aliphatic rings. The average Bonchev–Trinajstić information content (AvgIpc) is 2.85. The van der Waals surface area contributed by atoms with Gasteiger partial charge in [-0.05, 0) is 25.0 Å². The van der Waals surface area contributed by atoms with Crippen LogP contribution in [-0.2, 0) is 4.79 Å². The number of carbonyl (C=O) groups is 1. The lowest BCUT2D eigenvalue weighted by Crippen LogP contribution is -2.35. The van der Waals surface area contributed by atoms with Gasteiger partial charge in [0.05, 0.1) is 11.7 Å². The van der Waals surface area contributed by atoms with E-state index in [9.17, 15) is 9.18 Å². The number of hydrogen-bond donors (Lipinski definition) is 0. The molecular formula is C16H18FN3O2S. The summed E-state index contributed by atoms with van der Waals surface area (Å²) in [7, 11) is 0. The summed E-state index contributed by atoms with van der Waals surface area (Å²) < 4.78 is 27.1. The van der Waals surface area contributed by atoms with E-state index in [1.54, 1.807) is 12.1 Å². The Morgan fingerprint density at radius 2 is 2.00 bits per heavy atom. The molecule has 7 heteroatoms. The maximum atomic E-state index is 13.3. The van der Waals surface area contributed by atoms with Crippen LogP contribution < -0.4 is 4.74 Å². The molecule has 0 N–H and O–H groups in total. The molecule has 2 aromatic rings. The number of likely N-dealkylation sites (tertiary alicyclic amines) is 1. The van der Waals surface area contributed by atoms with E-state index < -0.39 is 0 Å². The first kappa shape index (κ1) is 15.9. The fourth-order valence-corrected chi connectivity index (χ4v) is 3.15. The Kier molecular flexibility index (Phi) is 5.17. The third-order valence-corrected chi connectivity index (χ3v) is 4.36. The van der Waals surface area contributed by atoms with Crippen LogP contribution in [0.1, 0.15) is 25.7 Å². The lowest BCUT2D eigenvalue weighted by Gasteiger charge is -2.19. The predicted molar refractivity (Wildman–Crippen MR) is 85.8 cm³/mol. The van der Waals surface area contributed by atoms with Gasteiger partial charge in [-0.2, -0.15) is 4.37 Å². The minimum absolute atomic E-state index is 0.0370. The number of amides is 1. The zero-order chi connectivity index (χ0) is 16.1. The number of benzene rings is 1. The zero-order valence-corrected chi connectivity index (χ0v) is 13.5. The Hall–Kier alpha value is -2.02. The summed E-state index contributed by atoms with van der Waals surface area (Å²) in [5.74, 6) is -0.101. The molecule has 1 aromatic heterocycles. The molecule has 0 saturated carbocycles. The molecule has 23 heavy (non-hydrogen) atoms. The number of ether oxygens (including phenoxy) is 1. The average molecular weight is 335 g/mol. The molecule has 1 aliphatic heterocycles. The Balaban J connectivity index is 1.65. The van der Waals surface area contributed by atoms with Gasteiger partial charge in [0.1, 0.15) is 11.5 Å². The van der Waals surface area contributed by atoms with Crippen molar-refractivity contribution < 1.29 is 13.9 Å². The highest BCUT2D eigenvalue weighted by atomic mass is 32.1. The van der Waals surface area contributed by atoms with Crippen molar-refractivity contribution in [2.75, 3.05) is 19.7 Å². The van der Waals surface area contributed by atoms with E-state index in [-0.39, 0.29) is 24.2 Å². The SMILES string of the molecule is O=C(COc1nsnc1-c1cccc(F)c1)N1CCCCCC1. The molecule has 0 spiro atoms. The van der Waals surface area contributed by atoms with Crippen LogP contribution >= 0.6 is 11.7 Å². The summed E-state index contributed by atoms with van der Waals surface area (Å²) in [4.78, 5) is 14.1. The summed E-state index contributed by atoms with van der Waals surface area (Å²) in [6.45, 7) is 1.51. The van der Waals surface area contributed by atoms with Crippen molar-refractivity contribution in [1.82, 2.24) is 13.6 Å². The molecule has 1 fully saturated rings. The summed E-state index contributed by atoms with van der Waals surface area (Å²) >= 11 is 0.985. The third-order valence-electron chi connectivity index (χ3n) is 3.85. The van der Waals surface area contributed by atoms with Gasteiger partial charge in [-0.1, -0.05) is 25.0 Å². The highest BCUT2D eigenvalue weighted by Crippen LogP contribution is 2.28. The van der Waals surface area contributed by atoms with E-state index in [0.717, 1.165) is 37.7 Å². The van der Waals surface area contributed by atoms with Gasteiger partial charge in [-0.15, -0.1) is 4.37 Å². The van der Waals surface area contributed by atoms with E-state index >= 15 is 0 Å². The standard InChI is InChI=1S/C16H18FN3O2S/c17-13-7-5-6-12(10-13)15-16(19-23-18-15)22-11-14(21)20-8-3-1-2-4-9-20/h5-7,10H,1-4,8-9,11H2. The van der Waals surface area contributed by atoms with Crippen molar-refractivity contribution in [2.45, 2.75) is 25.7 Å². The lowest BCUT2D eigenvalue weighted by molar-refractivity contribution is -0.133. The first-order chi connectivity index (χ1) is 11.2. The molecule has 1 aromatic carbocycles. The van der Waals surface area contributed by atoms with Crippen LogP contribution in [0.2, 0.25) is 0 Å². The van der Waals surface area contributed by atoms with E-state index in [0.29, 0.717) is 11.3 Å². The number of aromatic nitrogens is 2. The predicted octanol–water partition coefficient (Wildman–Crippen LogP) is 3.13. The van der Waals surface area contributed by atoms with Crippen LogP contribution in [0, 0.1) is 5.82 Å². The highest BCUT2D eigenvalue weighted by molar-refractivity contribution is 6.99. The van der Waals surface area contributed by atoms with Gasteiger partial charge in [-0.25, -0.2) is 4.39 Å². The largest absolute Gasteiger partial charge is 0.465 e. The van der Waals surface area contributed by atoms with Crippen molar-refractivity contribution in [3.63, 3.8) is 0 Å². The maximum absolute atomic E-state index is 13.3. The first-order valence-corrected chi connectivity index (χ1v) is 8.46. The number of halogens is 1. The smallest absolute Gasteiger partial charge is 0.260 e. The number of rotatable bonds is 4. The van der Waals surface area contributed by atoms with E-state index in [4.69, 9.17) is 4.74 Å². The number of hydrogen-bond acceptors (Lipinski definition) is 5. The highest BCUT2D eigenvalue weighted by Gasteiger charge is 2.18. The normalized spacial score (nSPS) is 15.3. The van der Waals surface area contributed by atoms with Gasteiger partial charge in [0, 0.05) is 18.7 Å². The Bertz CT molecular complexity index is 669. The quantitative estimate of drug-likeness (QED) is 0.861. The molecule has 0 bridgehead atoms. The fraction of sp³-hybridized carbons (Fsp3) is 0.438. The van der Waals surface area contributed by atoms with Crippen LogP contribution in [-0.4, -0.2) is 39.3 Å². The topological polar surface area (TPSA) is 55.3 Å². The van der Waals surface area contributed by atoms with E-state index in [1.807, 2.05) is 4.90 Å². The zero-order valence-electron chi connectivity index (χ0n) is 12.7. The molecule has 122 valence electrons. The minimum Gasteiger partial charge on any atom is -0.465 e. The van der Waals surface area contributed by atoms with Gasteiger partial charge in [0.2, 0.25) is 0 Å². The second-order valence-electron chi connectivity index (χ2n) is 5.51. The van der Waals surface area contributed by atoms with Crippen molar-refractivity contribution in [2.24, 2.45) is 0 Å². The van der Waals surface area contributed by atoms with Gasteiger partial charge in [0.15, 0.2) is 6.61 Å². The van der Waals surface area contributed by atoms with Crippen molar-refractivity contribution >= 4 is 17.6 Å². The van der Waals surface area contributed by atoms with Gasteiger partial charge >= 0.3 is 0 Å². The molecule has 0 aliphatic carbocycles. The number of nitrogens with zero attached hydrogens (tertiary/aromatic N) is 3. The molecule has 3 rings (SSSR count). The molecule has 2 heterocycles. The van der Waals surface area contributed by atoms with Gasteiger partial charge in [0.25, 0.3) is 11.8 Å². The molecule has 0 radical (unpaired) electrons. The van der Waals surface area contributed by atoms with Crippen LogP contribution in [0.15, 0.2) is 24.3 Å². The van der Waals surface area contributed by atoms with E-state index in [2.05, 4.69) is 8.75 Å². The lowest BCUT2D eigenvalue weighted by atomic mass is 10.1. The van der Waals surface area contributed by atoms with Crippen molar-refractivity contribution in [3.8, 4) is 17.1 Å². The maximum Gasteiger partial charge on any atom is 0.260 e. The van der Waals surface area contributed by atoms with E-state index in [1.165, 1.54) is 25.0 Å². The van der Waals surface area contributed by atoms with Gasteiger partial charge in [-0.3, -0.25) is 4.79 Å². The third kappa shape index (κ3) is 4.04. The summed E-state index contributed by atoms with van der Waals surface area (Å²) in [6, 6.07) is 6.09. The molecule has 0 atom stereocenters. The second-order valence-corrected chi connectivity index (χ2v) is 6.04. The van der Waals surface area contributed by atoms with Crippen LogP contribution in [0.5, 0.6) is 5.88 Å². The van der Waals surface area contributed by atoms with Crippen LogP contribution in [0.3, 0.4) is 0 Å². The second kappa shape index (κ2) is 7.50. The molecule has 1 amide bonds. The fourth-order valence-electron chi connectivity index (χ4n) is 2.63. The Labute approximate surface area is 138 Å². The molecule has 0 unspecified atom stereocenters. The van der Waals surface area contributed by atoms with Crippen molar-refractivity contribution in [1.29, 1.82) is 0 Å². The summed E-state index contributed by atoms with van der Waals surface area (Å²) in [6.07, 6.45) is 4.42. The first-order valence-electron chi connectivity index (χ1n) is 7.73. The molecule has 5 nitrogen and oxygen atoms in total. The van der Waals surface area contributed by atoms with Crippen LogP contribution in [0.4, 0.5) is 4.39 Å². The molecular weight excluding hydrogens is 317 g/mol. The van der Waals surface area contributed by atoms with Gasteiger partial charge < -0.3 is 9.64 Å². The summed E-state index contributed by atoms with van der Waals surface area (Å²) in [5.41, 5.74) is 1.06.